The summed E-state index contributed by atoms with van der Waals surface area (Å²) in [5.41, 5.74) is 1.14. The van der Waals surface area contributed by atoms with Crippen LogP contribution in [0.15, 0.2) is 23.3 Å². The number of halogens is 2. The quantitative estimate of drug-likeness (QED) is 0.207. The van der Waals surface area contributed by atoms with Crippen LogP contribution in [-0.4, -0.2) is 42.3 Å². The Morgan fingerprint density at radius 1 is 1.32 bits per heavy atom. The number of pyridine rings is 1. The van der Waals surface area contributed by atoms with E-state index in [0.717, 1.165) is 50.4 Å². The van der Waals surface area contributed by atoms with Crippen LogP contribution in [0.4, 0.5) is 0 Å². The average Bonchev–Trinajstić information content (AvgIpc) is 2.54. The molecule has 1 heterocycles. The summed E-state index contributed by atoms with van der Waals surface area (Å²) in [7, 11) is 0. The number of hydrogen-bond donors (Lipinski definition) is 3. The molecule has 1 aromatic heterocycles. The van der Waals surface area contributed by atoms with E-state index in [-0.39, 0.29) is 30.6 Å². The monoisotopic (exact) mass is 482 g/mol. The maximum Gasteiger partial charge on any atom is 0.191 e. The Labute approximate surface area is 174 Å². The van der Waals surface area contributed by atoms with E-state index in [9.17, 15) is 5.11 Å². The number of aliphatic hydroxyl groups excluding tert-OH is 1. The maximum atomic E-state index is 9.21. The molecule has 25 heavy (non-hydrogen) atoms. The molecule has 1 unspecified atom stereocenters. The van der Waals surface area contributed by atoms with E-state index >= 15 is 0 Å². The number of rotatable bonds is 10. The molecule has 0 aromatic carbocycles. The molecule has 0 saturated heterocycles. The molecule has 0 saturated carbocycles. The van der Waals surface area contributed by atoms with Crippen LogP contribution >= 0.6 is 35.6 Å². The molecule has 0 aliphatic carbocycles. The highest BCUT2D eigenvalue weighted by Gasteiger charge is 2.10. The van der Waals surface area contributed by atoms with Crippen LogP contribution in [0.1, 0.15) is 39.2 Å². The molecule has 0 aliphatic heterocycles. The van der Waals surface area contributed by atoms with Gasteiger partial charge in [0.2, 0.25) is 0 Å². The molecule has 7 heteroatoms. The van der Waals surface area contributed by atoms with Gasteiger partial charge in [0.15, 0.2) is 5.96 Å². The van der Waals surface area contributed by atoms with Gasteiger partial charge < -0.3 is 15.7 Å². The lowest BCUT2D eigenvalue weighted by Gasteiger charge is -2.17. The van der Waals surface area contributed by atoms with Gasteiger partial charge in [-0.05, 0) is 49.7 Å². The minimum atomic E-state index is 0. The zero-order valence-corrected chi connectivity index (χ0v) is 18.6. The summed E-state index contributed by atoms with van der Waals surface area (Å²) < 4.78 is 0. The van der Waals surface area contributed by atoms with Crippen molar-refractivity contribution in [2.45, 2.75) is 40.0 Å². The number of nitrogens with one attached hydrogen (secondary N) is 2. The third-order valence-electron chi connectivity index (χ3n) is 3.69. The molecule has 1 aromatic rings. The fourth-order valence-corrected chi connectivity index (χ4v) is 2.69. The second kappa shape index (κ2) is 14.6. The van der Waals surface area contributed by atoms with Gasteiger partial charge in [-0.1, -0.05) is 31.5 Å². The molecule has 1 atom stereocenters. The van der Waals surface area contributed by atoms with Crippen molar-refractivity contribution in [3.63, 3.8) is 0 Å². The minimum Gasteiger partial charge on any atom is -0.396 e. The molecule has 5 nitrogen and oxygen atoms in total. The molecule has 0 aliphatic rings. The van der Waals surface area contributed by atoms with Crippen LogP contribution in [0.3, 0.4) is 0 Å². The number of aromatic nitrogens is 1. The van der Waals surface area contributed by atoms with Crippen molar-refractivity contribution in [2.75, 3.05) is 26.2 Å². The van der Waals surface area contributed by atoms with Crippen molar-refractivity contribution in [1.82, 2.24) is 15.6 Å². The first kappa shape index (κ1) is 24.4. The molecular weight excluding hydrogens is 451 g/mol. The maximum absolute atomic E-state index is 9.21. The van der Waals surface area contributed by atoms with Crippen molar-refractivity contribution in [3.8, 4) is 0 Å². The summed E-state index contributed by atoms with van der Waals surface area (Å²) in [6.45, 7) is 9.03. The molecule has 0 spiro atoms. The van der Waals surface area contributed by atoms with Crippen LogP contribution in [0.2, 0.25) is 5.15 Å². The highest BCUT2D eigenvalue weighted by molar-refractivity contribution is 14.0. The molecule has 1 rings (SSSR count). The molecule has 3 N–H and O–H groups in total. The van der Waals surface area contributed by atoms with Gasteiger partial charge in [-0.3, -0.25) is 4.99 Å². The molecule has 144 valence electrons. The van der Waals surface area contributed by atoms with Gasteiger partial charge in [-0.15, -0.1) is 24.0 Å². The molecule has 0 radical (unpaired) electrons. The van der Waals surface area contributed by atoms with Crippen LogP contribution in [-0.2, 0) is 6.42 Å². The summed E-state index contributed by atoms with van der Waals surface area (Å²) in [6.07, 6.45) is 4.55. The number of hydrogen-bond acceptors (Lipinski definition) is 3. The van der Waals surface area contributed by atoms with Gasteiger partial charge in [0.25, 0.3) is 0 Å². The van der Waals surface area contributed by atoms with Crippen LogP contribution in [0, 0.1) is 11.8 Å². The molecule has 0 bridgehead atoms. The van der Waals surface area contributed by atoms with E-state index in [0.29, 0.717) is 17.0 Å². The van der Waals surface area contributed by atoms with Crippen molar-refractivity contribution < 1.29 is 5.11 Å². The normalized spacial score (nSPS) is 12.6. The Morgan fingerprint density at radius 2 is 2.08 bits per heavy atom. The second-order valence-electron chi connectivity index (χ2n) is 6.39. The van der Waals surface area contributed by atoms with Crippen molar-refractivity contribution >= 4 is 41.5 Å². The zero-order chi connectivity index (χ0) is 17.8. The van der Waals surface area contributed by atoms with E-state index in [4.69, 9.17) is 11.6 Å². The Balaban J connectivity index is 0.00000576. The van der Waals surface area contributed by atoms with Gasteiger partial charge >= 0.3 is 0 Å². The highest BCUT2D eigenvalue weighted by atomic mass is 127. The number of guanidine groups is 1. The fourth-order valence-electron chi connectivity index (χ4n) is 2.57. The van der Waals surface area contributed by atoms with Gasteiger partial charge in [-0.2, -0.15) is 0 Å². The van der Waals surface area contributed by atoms with E-state index in [2.05, 4.69) is 41.4 Å². The van der Waals surface area contributed by atoms with Crippen LogP contribution in [0.5, 0.6) is 0 Å². The first-order chi connectivity index (χ1) is 11.5. The number of aliphatic hydroxyl groups is 1. The SMILES string of the molecule is CCNC(=NCC(CCO)CC(C)C)NCCc1ccc(Cl)nc1.I. The van der Waals surface area contributed by atoms with Crippen LogP contribution in [0.25, 0.3) is 0 Å². The second-order valence-corrected chi connectivity index (χ2v) is 6.78. The van der Waals surface area contributed by atoms with E-state index in [1.807, 2.05) is 12.1 Å². The van der Waals surface area contributed by atoms with E-state index in [1.54, 1.807) is 6.20 Å². The summed E-state index contributed by atoms with van der Waals surface area (Å²) in [5.74, 6) is 1.86. The summed E-state index contributed by atoms with van der Waals surface area (Å²) in [4.78, 5) is 8.77. The molecular formula is C18H32ClIN4O. The first-order valence-electron chi connectivity index (χ1n) is 8.78. The van der Waals surface area contributed by atoms with Gasteiger partial charge in [0.1, 0.15) is 5.15 Å². The zero-order valence-electron chi connectivity index (χ0n) is 15.5. The smallest absolute Gasteiger partial charge is 0.191 e. The van der Waals surface area contributed by atoms with Crippen molar-refractivity contribution in [1.29, 1.82) is 0 Å². The lowest BCUT2D eigenvalue weighted by molar-refractivity contribution is 0.245. The van der Waals surface area contributed by atoms with Crippen molar-refractivity contribution in [2.24, 2.45) is 16.8 Å². The predicted molar refractivity (Wildman–Crippen MR) is 117 cm³/mol. The Morgan fingerprint density at radius 3 is 2.64 bits per heavy atom. The molecule has 0 fully saturated rings. The summed E-state index contributed by atoms with van der Waals surface area (Å²) in [5, 5.41) is 16.3. The standard InChI is InChI=1S/C18H31ClN4O.HI/c1-4-20-18(23-13-16(8-10-24)11-14(2)3)21-9-7-15-5-6-17(19)22-12-15;/h5-6,12,14,16,24H,4,7-11,13H2,1-3H3,(H2,20,21,23);1H. The topological polar surface area (TPSA) is 69.5 Å². The highest BCUT2D eigenvalue weighted by Crippen LogP contribution is 2.15. The Kier molecular flexibility index (Phi) is 14.2. The largest absolute Gasteiger partial charge is 0.396 e. The lowest BCUT2D eigenvalue weighted by atomic mass is 9.94. The molecule has 0 amide bonds. The Hall–Kier alpha value is -0.600. The average molecular weight is 483 g/mol. The lowest BCUT2D eigenvalue weighted by Crippen LogP contribution is -2.38. The summed E-state index contributed by atoms with van der Waals surface area (Å²) >= 11 is 5.80. The van der Waals surface area contributed by atoms with Crippen molar-refractivity contribution in [3.05, 3.63) is 29.0 Å². The fraction of sp³-hybridized carbons (Fsp3) is 0.667. The third kappa shape index (κ3) is 11.6. The van der Waals surface area contributed by atoms with Gasteiger partial charge in [0.05, 0.1) is 0 Å². The number of aliphatic imine (C=N–C) groups is 1. The van der Waals surface area contributed by atoms with Crippen LogP contribution < -0.4 is 10.6 Å². The first-order valence-corrected chi connectivity index (χ1v) is 9.16. The van der Waals surface area contributed by atoms with E-state index in [1.165, 1.54) is 0 Å². The minimum absolute atomic E-state index is 0. The van der Waals surface area contributed by atoms with Gasteiger partial charge in [0, 0.05) is 32.4 Å². The third-order valence-corrected chi connectivity index (χ3v) is 3.91. The predicted octanol–water partition coefficient (Wildman–Crippen LogP) is 3.50. The van der Waals surface area contributed by atoms with Gasteiger partial charge in [-0.25, -0.2) is 4.98 Å². The summed E-state index contributed by atoms with van der Waals surface area (Å²) in [6, 6.07) is 3.79. The van der Waals surface area contributed by atoms with E-state index < -0.39 is 0 Å². The Bertz CT molecular complexity index is 482. The number of nitrogens with zero attached hydrogens (tertiary/aromatic N) is 2.